The quantitative estimate of drug-likeness (QED) is 0.886. The average Bonchev–Trinajstić information content (AvgIpc) is 2.50. The summed E-state index contributed by atoms with van der Waals surface area (Å²) in [6.07, 6.45) is 0. The summed E-state index contributed by atoms with van der Waals surface area (Å²) in [4.78, 5) is 0. The Morgan fingerprint density at radius 2 is 1.76 bits per heavy atom. The van der Waals surface area contributed by atoms with E-state index in [9.17, 15) is 8.78 Å². The molecule has 5 heteroatoms. The molecule has 21 heavy (non-hydrogen) atoms. The molecule has 0 aliphatic carbocycles. The average molecular weight is 293 g/mol. The first-order valence-corrected chi connectivity index (χ1v) is 6.50. The van der Waals surface area contributed by atoms with Crippen molar-refractivity contribution in [3.8, 4) is 11.5 Å². The van der Waals surface area contributed by atoms with Crippen LogP contribution in [0.3, 0.4) is 0 Å². The predicted octanol–water partition coefficient (Wildman–Crippen LogP) is 3.27. The highest BCUT2D eigenvalue weighted by Crippen LogP contribution is 2.30. The van der Waals surface area contributed by atoms with Gasteiger partial charge in [-0.05, 0) is 23.8 Å². The second-order valence-electron chi connectivity index (χ2n) is 4.50. The number of rotatable bonds is 6. The molecule has 112 valence electrons. The van der Waals surface area contributed by atoms with Crippen molar-refractivity contribution in [3.05, 3.63) is 59.2 Å². The highest BCUT2D eigenvalue weighted by Gasteiger charge is 2.09. The van der Waals surface area contributed by atoms with E-state index in [0.29, 0.717) is 30.2 Å². The van der Waals surface area contributed by atoms with Crippen LogP contribution in [0.1, 0.15) is 11.1 Å². The van der Waals surface area contributed by atoms with Crippen LogP contribution in [0.2, 0.25) is 0 Å². The van der Waals surface area contributed by atoms with Crippen molar-refractivity contribution in [2.24, 2.45) is 0 Å². The third kappa shape index (κ3) is 3.70. The van der Waals surface area contributed by atoms with Crippen LogP contribution in [-0.2, 0) is 13.1 Å². The fraction of sp³-hybridized carbons (Fsp3) is 0.250. The van der Waals surface area contributed by atoms with E-state index in [1.807, 2.05) is 18.2 Å². The van der Waals surface area contributed by atoms with Gasteiger partial charge in [0.15, 0.2) is 23.1 Å². The first kappa shape index (κ1) is 15.3. The molecule has 0 saturated heterocycles. The molecular formula is C16H17F2NO2. The molecule has 0 unspecified atom stereocenters. The molecule has 0 saturated carbocycles. The van der Waals surface area contributed by atoms with Crippen LogP contribution >= 0.6 is 0 Å². The summed E-state index contributed by atoms with van der Waals surface area (Å²) in [5.41, 5.74) is 1.61. The molecule has 2 rings (SSSR count). The molecule has 0 amide bonds. The van der Waals surface area contributed by atoms with Crippen molar-refractivity contribution in [2.45, 2.75) is 13.1 Å². The molecule has 0 atom stereocenters. The van der Waals surface area contributed by atoms with E-state index in [2.05, 4.69) is 5.32 Å². The fourth-order valence-corrected chi connectivity index (χ4v) is 2.08. The van der Waals surface area contributed by atoms with Crippen LogP contribution in [0.15, 0.2) is 36.4 Å². The van der Waals surface area contributed by atoms with E-state index in [-0.39, 0.29) is 0 Å². The van der Waals surface area contributed by atoms with Gasteiger partial charge in [0.05, 0.1) is 14.2 Å². The largest absolute Gasteiger partial charge is 0.493 e. The maximum Gasteiger partial charge on any atom is 0.165 e. The topological polar surface area (TPSA) is 30.5 Å². The Bertz CT molecular complexity index is 617. The summed E-state index contributed by atoms with van der Waals surface area (Å²) in [5, 5.41) is 3.17. The van der Waals surface area contributed by atoms with Crippen LogP contribution in [-0.4, -0.2) is 14.2 Å². The maximum atomic E-state index is 13.1. The Balaban J connectivity index is 2.01. The zero-order chi connectivity index (χ0) is 15.2. The van der Waals surface area contributed by atoms with E-state index in [4.69, 9.17) is 9.47 Å². The van der Waals surface area contributed by atoms with Crippen molar-refractivity contribution in [3.63, 3.8) is 0 Å². The second-order valence-corrected chi connectivity index (χ2v) is 4.50. The molecule has 0 aromatic heterocycles. The van der Waals surface area contributed by atoms with Gasteiger partial charge in [0.2, 0.25) is 0 Å². The highest BCUT2D eigenvalue weighted by atomic mass is 19.2. The number of ether oxygens (including phenoxy) is 2. The highest BCUT2D eigenvalue weighted by molar-refractivity contribution is 5.46. The SMILES string of the molecule is COc1cccc(CNCc2ccc(F)c(F)c2)c1OC. The number of halogens is 2. The number of methoxy groups -OCH3 is 2. The summed E-state index contributed by atoms with van der Waals surface area (Å²) in [5.74, 6) is -0.358. The van der Waals surface area contributed by atoms with Crippen LogP contribution in [0.4, 0.5) is 8.78 Å². The zero-order valence-corrected chi connectivity index (χ0v) is 12.0. The van der Waals surface area contributed by atoms with Crippen molar-refractivity contribution in [1.29, 1.82) is 0 Å². The smallest absolute Gasteiger partial charge is 0.165 e. The fourth-order valence-electron chi connectivity index (χ4n) is 2.08. The van der Waals surface area contributed by atoms with Gasteiger partial charge in [-0.25, -0.2) is 8.78 Å². The maximum absolute atomic E-state index is 13.1. The Kier molecular flexibility index (Phi) is 5.11. The molecular weight excluding hydrogens is 276 g/mol. The number of hydrogen-bond donors (Lipinski definition) is 1. The molecule has 0 fully saturated rings. The van der Waals surface area contributed by atoms with Crippen LogP contribution in [0, 0.1) is 11.6 Å². The first-order valence-electron chi connectivity index (χ1n) is 6.50. The van der Waals surface area contributed by atoms with Gasteiger partial charge in [-0.15, -0.1) is 0 Å². The number of hydrogen-bond acceptors (Lipinski definition) is 3. The van der Waals surface area contributed by atoms with E-state index in [1.54, 1.807) is 20.3 Å². The van der Waals surface area contributed by atoms with E-state index >= 15 is 0 Å². The second kappa shape index (κ2) is 7.04. The third-order valence-corrected chi connectivity index (χ3v) is 3.11. The Labute approximate surface area is 122 Å². The Hall–Kier alpha value is -2.14. The summed E-state index contributed by atoms with van der Waals surface area (Å²) in [6.45, 7) is 0.955. The van der Waals surface area contributed by atoms with Gasteiger partial charge in [-0.2, -0.15) is 0 Å². The minimum Gasteiger partial charge on any atom is -0.493 e. The van der Waals surface area contributed by atoms with Crippen molar-refractivity contribution in [1.82, 2.24) is 5.32 Å². The van der Waals surface area contributed by atoms with Gasteiger partial charge in [-0.1, -0.05) is 18.2 Å². The van der Waals surface area contributed by atoms with Crippen molar-refractivity contribution in [2.75, 3.05) is 14.2 Å². The molecule has 0 bridgehead atoms. The van der Waals surface area contributed by atoms with Crippen LogP contribution in [0.5, 0.6) is 11.5 Å². The zero-order valence-electron chi connectivity index (χ0n) is 12.0. The lowest BCUT2D eigenvalue weighted by Crippen LogP contribution is -2.14. The number of nitrogens with one attached hydrogen (secondary N) is 1. The van der Waals surface area contributed by atoms with Crippen molar-refractivity contribution < 1.29 is 18.3 Å². The normalized spacial score (nSPS) is 10.5. The van der Waals surface area contributed by atoms with Gasteiger partial charge >= 0.3 is 0 Å². The third-order valence-electron chi connectivity index (χ3n) is 3.11. The van der Waals surface area contributed by atoms with Gasteiger partial charge in [0.1, 0.15) is 0 Å². The lowest BCUT2D eigenvalue weighted by Gasteiger charge is -2.13. The van der Waals surface area contributed by atoms with Crippen molar-refractivity contribution >= 4 is 0 Å². The number of benzene rings is 2. The molecule has 3 nitrogen and oxygen atoms in total. The van der Waals surface area contributed by atoms with Crippen LogP contribution in [0.25, 0.3) is 0 Å². The lowest BCUT2D eigenvalue weighted by molar-refractivity contribution is 0.350. The first-order chi connectivity index (χ1) is 10.2. The Morgan fingerprint density at radius 3 is 2.43 bits per heavy atom. The lowest BCUT2D eigenvalue weighted by atomic mass is 10.1. The molecule has 0 heterocycles. The minimum absolute atomic E-state index is 0.428. The predicted molar refractivity (Wildman–Crippen MR) is 76.4 cm³/mol. The summed E-state index contributed by atoms with van der Waals surface area (Å²) < 4.78 is 36.5. The standard InChI is InChI=1S/C16H17F2NO2/c1-20-15-5-3-4-12(16(15)21-2)10-19-9-11-6-7-13(17)14(18)8-11/h3-8,19H,9-10H2,1-2H3. The molecule has 2 aromatic carbocycles. The molecule has 1 N–H and O–H groups in total. The minimum atomic E-state index is -0.840. The number of para-hydroxylation sites is 1. The summed E-state index contributed by atoms with van der Waals surface area (Å²) in [7, 11) is 3.16. The van der Waals surface area contributed by atoms with Gasteiger partial charge in [-0.3, -0.25) is 0 Å². The molecule has 0 spiro atoms. The van der Waals surface area contributed by atoms with E-state index in [1.165, 1.54) is 6.07 Å². The molecule has 0 radical (unpaired) electrons. The molecule has 2 aromatic rings. The Morgan fingerprint density at radius 1 is 0.952 bits per heavy atom. The van der Waals surface area contributed by atoms with Gasteiger partial charge < -0.3 is 14.8 Å². The molecule has 0 aliphatic heterocycles. The van der Waals surface area contributed by atoms with Gasteiger partial charge in [0, 0.05) is 18.7 Å². The summed E-state index contributed by atoms with van der Waals surface area (Å²) >= 11 is 0. The van der Waals surface area contributed by atoms with E-state index < -0.39 is 11.6 Å². The van der Waals surface area contributed by atoms with Crippen LogP contribution < -0.4 is 14.8 Å². The molecule has 0 aliphatic rings. The van der Waals surface area contributed by atoms with Gasteiger partial charge in [0.25, 0.3) is 0 Å². The van der Waals surface area contributed by atoms with E-state index in [0.717, 1.165) is 11.6 Å². The monoisotopic (exact) mass is 293 g/mol. The summed E-state index contributed by atoms with van der Waals surface area (Å²) in [6, 6.07) is 9.46.